The molecule has 13 N–H and O–H groups in total. The van der Waals surface area contributed by atoms with E-state index in [9.17, 15) is 66.4 Å². The van der Waals surface area contributed by atoms with E-state index in [2.05, 4.69) is 0 Å². The zero-order chi connectivity index (χ0) is 34.0. The third-order valence-electron chi connectivity index (χ3n) is 8.53. The molecule has 0 spiro atoms. The SMILES string of the molecule is CO[C@@H]1O[C@H](CO)[C@@H](O[C@H]2O[C@H](CO)[C@@H](S[C@@H]3C=C(CO)[C@@H](O[C@@H]4O[C@H](CO)[C@@H](O)[C@H](O)[C@H]4O)[C@H](O)[C@H]3O)[C@H](O)[C@H]2O)[C@H](O)[C@H]1O. The largest absolute Gasteiger partial charge is 0.394 e. The zero-order valence-corrected chi connectivity index (χ0v) is 25.4. The second-order valence-corrected chi connectivity index (χ2v) is 12.8. The van der Waals surface area contributed by atoms with Crippen molar-refractivity contribution >= 4 is 11.8 Å². The van der Waals surface area contributed by atoms with Crippen molar-refractivity contribution < 1.29 is 94.8 Å². The van der Waals surface area contributed by atoms with Crippen LogP contribution in [0.2, 0.25) is 0 Å². The first-order chi connectivity index (χ1) is 21.8. The zero-order valence-electron chi connectivity index (χ0n) is 24.5. The summed E-state index contributed by atoms with van der Waals surface area (Å²) < 4.78 is 32.5. The number of aliphatic hydroxyl groups is 13. The number of ether oxygens (including phenoxy) is 6. The van der Waals surface area contributed by atoms with Crippen molar-refractivity contribution in [1.82, 2.24) is 0 Å². The Kier molecular flexibility index (Phi) is 13.6. The molecule has 0 aromatic rings. The standard InChI is InChI=1S/C26H44O19S/c1-40-24-19(38)16(35)22(9(5-29)42-24)45-26-20(39)17(36)23(10(6-30)43-26)46-11-2-7(3-27)21(15(34)13(11)32)44-25-18(37)14(33)12(31)8(4-28)41-25/h2,8-39H,3-6H2,1H3/t8-,9-,10-,11-,12-,13+,14+,15-,16-,17-,18-,19-,20-,21-,22-,23-,24-,25+,26-/m1/s1. The monoisotopic (exact) mass is 692 g/mol. The van der Waals surface area contributed by atoms with Gasteiger partial charge in [0, 0.05) is 7.11 Å². The van der Waals surface area contributed by atoms with Crippen LogP contribution in [0.15, 0.2) is 11.6 Å². The molecule has 19 atom stereocenters. The topological polar surface area (TPSA) is 318 Å². The van der Waals surface area contributed by atoms with Crippen LogP contribution in [0.1, 0.15) is 0 Å². The minimum Gasteiger partial charge on any atom is -0.394 e. The van der Waals surface area contributed by atoms with Gasteiger partial charge in [0.25, 0.3) is 0 Å². The van der Waals surface area contributed by atoms with E-state index in [0.29, 0.717) is 0 Å². The average molecular weight is 693 g/mol. The molecule has 0 aromatic heterocycles. The van der Waals surface area contributed by atoms with Crippen LogP contribution < -0.4 is 0 Å². The molecule has 3 fully saturated rings. The van der Waals surface area contributed by atoms with E-state index in [0.717, 1.165) is 11.8 Å². The molecule has 4 rings (SSSR count). The van der Waals surface area contributed by atoms with Gasteiger partial charge in [-0.2, -0.15) is 0 Å². The van der Waals surface area contributed by atoms with Crippen molar-refractivity contribution in [3.8, 4) is 0 Å². The molecule has 0 amide bonds. The molecular weight excluding hydrogens is 648 g/mol. The number of thioether (sulfide) groups is 1. The van der Waals surface area contributed by atoms with E-state index >= 15 is 0 Å². The molecule has 3 heterocycles. The molecule has 3 saturated heterocycles. The smallest absolute Gasteiger partial charge is 0.187 e. The molecule has 0 saturated carbocycles. The molecule has 268 valence electrons. The van der Waals surface area contributed by atoms with Gasteiger partial charge in [-0.05, 0) is 5.57 Å². The number of hydrogen-bond donors (Lipinski definition) is 13. The molecule has 20 heteroatoms. The normalized spacial score (nSPS) is 50.3. The van der Waals surface area contributed by atoms with E-state index in [4.69, 9.17) is 28.4 Å². The van der Waals surface area contributed by atoms with Crippen LogP contribution in [0.25, 0.3) is 0 Å². The van der Waals surface area contributed by atoms with Gasteiger partial charge in [0.15, 0.2) is 18.9 Å². The van der Waals surface area contributed by atoms with Crippen molar-refractivity contribution in [1.29, 1.82) is 0 Å². The first kappa shape index (κ1) is 38.1. The Bertz CT molecular complexity index is 989. The highest BCUT2D eigenvalue weighted by Gasteiger charge is 2.53. The van der Waals surface area contributed by atoms with Gasteiger partial charge in [0.05, 0.1) is 55.2 Å². The summed E-state index contributed by atoms with van der Waals surface area (Å²) in [4.78, 5) is 0. The Labute approximate surface area is 266 Å². The predicted octanol–water partition coefficient (Wildman–Crippen LogP) is -7.79. The van der Waals surface area contributed by atoms with E-state index in [1.54, 1.807) is 0 Å². The number of methoxy groups -OCH3 is 1. The van der Waals surface area contributed by atoms with Crippen LogP contribution in [0.5, 0.6) is 0 Å². The van der Waals surface area contributed by atoms with Gasteiger partial charge in [-0.1, -0.05) is 6.08 Å². The lowest BCUT2D eigenvalue weighted by Gasteiger charge is -2.47. The predicted molar refractivity (Wildman–Crippen MR) is 148 cm³/mol. The highest BCUT2D eigenvalue weighted by Crippen LogP contribution is 2.40. The van der Waals surface area contributed by atoms with E-state index in [1.165, 1.54) is 13.2 Å². The van der Waals surface area contributed by atoms with Crippen LogP contribution in [0.3, 0.4) is 0 Å². The summed E-state index contributed by atoms with van der Waals surface area (Å²) in [5.74, 6) is 0. The maximum Gasteiger partial charge on any atom is 0.187 e. The fourth-order valence-electron chi connectivity index (χ4n) is 5.84. The van der Waals surface area contributed by atoms with Crippen molar-refractivity contribution in [3.63, 3.8) is 0 Å². The Morgan fingerprint density at radius 3 is 1.72 bits per heavy atom. The van der Waals surface area contributed by atoms with E-state index in [1.807, 2.05) is 0 Å². The van der Waals surface area contributed by atoms with Gasteiger partial charge in [-0.25, -0.2) is 0 Å². The maximum absolute atomic E-state index is 11.1. The quantitative estimate of drug-likeness (QED) is 0.0894. The van der Waals surface area contributed by atoms with Crippen LogP contribution in [-0.2, 0) is 28.4 Å². The third kappa shape index (κ3) is 7.56. The lowest BCUT2D eigenvalue weighted by atomic mass is 9.91. The van der Waals surface area contributed by atoms with Crippen LogP contribution in [0, 0.1) is 0 Å². The van der Waals surface area contributed by atoms with Crippen molar-refractivity contribution in [2.45, 2.75) is 115 Å². The number of aliphatic hydroxyl groups excluding tert-OH is 13. The number of hydrogen-bond acceptors (Lipinski definition) is 20. The second kappa shape index (κ2) is 16.4. The van der Waals surface area contributed by atoms with Crippen LogP contribution in [0.4, 0.5) is 0 Å². The molecule has 4 aliphatic rings. The Morgan fingerprint density at radius 2 is 1.13 bits per heavy atom. The Hall–Kier alpha value is -0.670. The first-order valence-electron chi connectivity index (χ1n) is 14.6. The van der Waals surface area contributed by atoms with Crippen molar-refractivity contribution in [2.75, 3.05) is 33.5 Å². The van der Waals surface area contributed by atoms with E-state index < -0.39 is 141 Å². The van der Waals surface area contributed by atoms with Crippen molar-refractivity contribution in [2.24, 2.45) is 0 Å². The summed E-state index contributed by atoms with van der Waals surface area (Å²) in [6.45, 7) is -2.91. The fourth-order valence-corrected chi connectivity index (χ4v) is 7.42. The summed E-state index contributed by atoms with van der Waals surface area (Å²) in [7, 11) is 1.21. The highest BCUT2D eigenvalue weighted by atomic mass is 32.2. The molecular formula is C26H44O19S. The van der Waals surface area contributed by atoms with Gasteiger partial charge in [-0.3, -0.25) is 0 Å². The Morgan fingerprint density at radius 1 is 0.587 bits per heavy atom. The van der Waals surface area contributed by atoms with Crippen LogP contribution in [-0.4, -0.2) is 215 Å². The van der Waals surface area contributed by atoms with Gasteiger partial charge >= 0.3 is 0 Å². The van der Waals surface area contributed by atoms with Gasteiger partial charge in [-0.15, -0.1) is 11.8 Å². The molecule has 3 aliphatic heterocycles. The lowest BCUT2D eigenvalue weighted by molar-refractivity contribution is -0.346. The minimum absolute atomic E-state index is 0.0185. The molecule has 0 bridgehead atoms. The molecule has 0 aromatic carbocycles. The highest BCUT2D eigenvalue weighted by molar-refractivity contribution is 8.00. The summed E-state index contributed by atoms with van der Waals surface area (Å²) in [5.41, 5.74) is -0.0185. The molecule has 19 nitrogen and oxygen atoms in total. The maximum atomic E-state index is 11.1. The first-order valence-corrected chi connectivity index (χ1v) is 15.5. The third-order valence-corrected chi connectivity index (χ3v) is 10.2. The minimum atomic E-state index is -1.83. The van der Waals surface area contributed by atoms with Crippen LogP contribution >= 0.6 is 11.8 Å². The summed E-state index contributed by atoms with van der Waals surface area (Å²) in [5, 5.41) is 132. The van der Waals surface area contributed by atoms with Gasteiger partial charge < -0.3 is 94.8 Å². The molecule has 0 radical (unpaired) electrons. The van der Waals surface area contributed by atoms with Gasteiger partial charge in [0.1, 0.15) is 67.1 Å². The lowest BCUT2D eigenvalue weighted by Crippen LogP contribution is -2.64. The summed E-state index contributed by atoms with van der Waals surface area (Å²) in [6, 6.07) is 0. The van der Waals surface area contributed by atoms with Gasteiger partial charge in [0.2, 0.25) is 0 Å². The average Bonchev–Trinajstić information content (AvgIpc) is 3.05. The number of rotatable bonds is 11. The molecule has 0 unspecified atom stereocenters. The molecule has 1 aliphatic carbocycles. The van der Waals surface area contributed by atoms with E-state index in [-0.39, 0.29) is 5.57 Å². The second-order valence-electron chi connectivity index (χ2n) is 11.4. The Balaban J connectivity index is 1.47. The fraction of sp³-hybridized carbons (Fsp3) is 0.923. The molecule has 46 heavy (non-hydrogen) atoms. The summed E-state index contributed by atoms with van der Waals surface area (Å²) >= 11 is 0.767. The van der Waals surface area contributed by atoms with Crippen molar-refractivity contribution in [3.05, 3.63) is 11.6 Å². The summed E-state index contributed by atoms with van der Waals surface area (Å²) in [6.07, 6.45) is -25.8.